The number of hydrogen-bond acceptors (Lipinski definition) is 3. The minimum atomic E-state index is 0.727. The second-order valence-corrected chi connectivity index (χ2v) is 3.49. The van der Waals surface area contributed by atoms with Gasteiger partial charge in [0.15, 0.2) is 0 Å². The highest BCUT2D eigenvalue weighted by molar-refractivity contribution is 5.23. The van der Waals surface area contributed by atoms with Gasteiger partial charge in [-0.2, -0.15) is 0 Å². The predicted octanol–water partition coefficient (Wildman–Crippen LogP) is 0.681. The molecule has 2 rings (SSSR count). The lowest BCUT2D eigenvalue weighted by molar-refractivity contribution is 0.386. The van der Waals surface area contributed by atoms with Gasteiger partial charge in [-0.3, -0.25) is 4.68 Å². The molecule has 1 fully saturated rings. The van der Waals surface area contributed by atoms with Crippen LogP contribution in [0.4, 0.5) is 0 Å². The highest BCUT2D eigenvalue weighted by Gasteiger charge is 2.21. The molecule has 13 heavy (non-hydrogen) atoms. The Kier molecular flexibility index (Phi) is 2.22. The Bertz CT molecular complexity index is 291. The lowest BCUT2D eigenvalue weighted by Crippen LogP contribution is -2.15. The first-order chi connectivity index (χ1) is 6.29. The van der Waals surface area contributed by atoms with Crippen molar-refractivity contribution in [3.8, 4) is 5.88 Å². The van der Waals surface area contributed by atoms with E-state index in [2.05, 4.69) is 10.4 Å². The van der Waals surface area contributed by atoms with Crippen molar-refractivity contribution in [3.63, 3.8) is 0 Å². The maximum Gasteiger partial charge on any atom is 0.237 e. The van der Waals surface area contributed by atoms with Crippen LogP contribution in [0.3, 0.4) is 0 Å². The third kappa shape index (κ3) is 2.01. The van der Waals surface area contributed by atoms with Gasteiger partial charge in [0, 0.05) is 31.4 Å². The van der Waals surface area contributed by atoms with E-state index in [9.17, 15) is 0 Å². The van der Waals surface area contributed by atoms with Crippen LogP contribution in [0.1, 0.15) is 18.4 Å². The first-order valence-electron chi connectivity index (χ1n) is 4.59. The quantitative estimate of drug-likeness (QED) is 0.742. The van der Waals surface area contributed by atoms with Gasteiger partial charge < -0.3 is 10.1 Å². The van der Waals surface area contributed by atoms with Gasteiger partial charge in [-0.05, 0) is 12.8 Å². The summed E-state index contributed by atoms with van der Waals surface area (Å²) in [6.45, 7) is 0.863. The van der Waals surface area contributed by atoms with Gasteiger partial charge in [-0.1, -0.05) is 0 Å². The van der Waals surface area contributed by atoms with Gasteiger partial charge >= 0.3 is 0 Å². The van der Waals surface area contributed by atoms with Crippen molar-refractivity contribution in [3.05, 3.63) is 11.8 Å². The summed E-state index contributed by atoms with van der Waals surface area (Å²) < 4.78 is 6.93. The molecule has 1 aromatic heterocycles. The number of nitrogens with one attached hydrogen (secondary N) is 1. The van der Waals surface area contributed by atoms with Crippen molar-refractivity contribution in [2.24, 2.45) is 7.05 Å². The Hall–Kier alpha value is -1.03. The first-order valence-corrected chi connectivity index (χ1v) is 4.59. The van der Waals surface area contributed by atoms with E-state index in [1.165, 1.54) is 12.8 Å². The van der Waals surface area contributed by atoms with E-state index in [0.29, 0.717) is 0 Å². The van der Waals surface area contributed by atoms with Crippen LogP contribution >= 0.6 is 0 Å². The monoisotopic (exact) mass is 181 g/mol. The number of methoxy groups -OCH3 is 1. The molecule has 0 aromatic carbocycles. The van der Waals surface area contributed by atoms with Crippen molar-refractivity contribution < 1.29 is 4.74 Å². The zero-order valence-electron chi connectivity index (χ0n) is 8.08. The van der Waals surface area contributed by atoms with E-state index < -0.39 is 0 Å². The lowest BCUT2D eigenvalue weighted by atomic mass is 10.3. The molecule has 0 unspecified atom stereocenters. The molecule has 0 aliphatic heterocycles. The fraction of sp³-hybridized carbons (Fsp3) is 0.667. The highest BCUT2D eigenvalue weighted by Crippen LogP contribution is 2.21. The summed E-state index contributed by atoms with van der Waals surface area (Å²) in [5.41, 5.74) is 1.14. The van der Waals surface area contributed by atoms with E-state index in [1.54, 1.807) is 11.8 Å². The summed E-state index contributed by atoms with van der Waals surface area (Å²) in [6.07, 6.45) is 4.61. The van der Waals surface area contributed by atoms with Crippen molar-refractivity contribution in [2.75, 3.05) is 7.11 Å². The maximum absolute atomic E-state index is 5.15. The zero-order chi connectivity index (χ0) is 9.26. The van der Waals surface area contributed by atoms with Gasteiger partial charge in [0.05, 0.1) is 7.11 Å². The highest BCUT2D eigenvalue weighted by atomic mass is 16.5. The van der Waals surface area contributed by atoms with Gasteiger partial charge in [-0.25, -0.2) is 0 Å². The van der Waals surface area contributed by atoms with Crippen LogP contribution < -0.4 is 10.1 Å². The number of hydrogen-bond donors (Lipinski definition) is 1. The molecule has 0 bridgehead atoms. The average molecular weight is 181 g/mol. The SMILES string of the molecule is COc1nn(C)cc1CNC1CC1. The number of rotatable bonds is 4. The van der Waals surface area contributed by atoms with Gasteiger partial charge in [0.1, 0.15) is 0 Å². The normalized spacial score (nSPS) is 16.2. The van der Waals surface area contributed by atoms with Crippen LogP contribution in [-0.4, -0.2) is 22.9 Å². The summed E-state index contributed by atoms with van der Waals surface area (Å²) in [4.78, 5) is 0. The van der Waals surface area contributed by atoms with E-state index in [-0.39, 0.29) is 0 Å². The molecule has 1 heterocycles. The topological polar surface area (TPSA) is 39.1 Å². The van der Waals surface area contributed by atoms with Crippen molar-refractivity contribution in [1.29, 1.82) is 0 Å². The standard InChI is InChI=1S/C9H15N3O/c1-12-6-7(9(11-12)13-2)5-10-8-3-4-8/h6,8,10H,3-5H2,1-2H3. The van der Waals surface area contributed by atoms with Crippen LogP contribution in [0.2, 0.25) is 0 Å². The molecule has 0 atom stereocenters. The van der Waals surface area contributed by atoms with E-state index in [0.717, 1.165) is 24.0 Å². The zero-order valence-corrected chi connectivity index (χ0v) is 8.08. The maximum atomic E-state index is 5.15. The predicted molar refractivity (Wildman–Crippen MR) is 49.6 cm³/mol. The largest absolute Gasteiger partial charge is 0.480 e. The molecule has 1 aliphatic rings. The Morgan fingerprint density at radius 2 is 2.46 bits per heavy atom. The summed E-state index contributed by atoms with van der Waals surface area (Å²) in [5, 5.41) is 7.61. The summed E-state index contributed by atoms with van der Waals surface area (Å²) in [6, 6.07) is 0.727. The number of ether oxygens (including phenoxy) is 1. The number of aryl methyl sites for hydroxylation is 1. The van der Waals surface area contributed by atoms with Gasteiger partial charge in [-0.15, -0.1) is 5.10 Å². The average Bonchev–Trinajstić information content (AvgIpc) is 2.87. The Balaban J connectivity index is 1.99. The Morgan fingerprint density at radius 3 is 3.08 bits per heavy atom. The van der Waals surface area contributed by atoms with Crippen LogP contribution in [0.25, 0.3) is 0 Å². The number of nitrogens with zero attached hydrogens (tertiary/aromatic N) is 2. The molecule has 1 aromatic rings. The second-order valence-electron chi connectivity index (χ2n) is 3.49. The van der Waals surface area contributed by atoms with Crippen LogP contribution in [0.15, 0.2) is 6.20 Å². The molecule has 0 amide bonds. The lowest BCUT2D eigenvalue weighted by Gasteiger charge is -2.01. The van der Waals surface area contributed by atoms with Gasteiger partial charge in [0.2, 0.25) is 5.88 Å². The van der Waals surface area contributed by atoms with Crippen molar-refractivity contribution in [2.45, 2.75) is 25.4 Å². The molecule has 0 radical (unpaired) electrons. The molecular weight excluding hydrogens is 166 g/mol. The fourth-order valence-corrected chi connectivity index (χ4v) is 1.35. The van der Waals surface area contributed by atoms with Crippen LogP contribution in [0.5, 0.6) is 5.88 Å². The Morgan fingerprint density at radius 1 is 1.69 bits per heavy atom. The molecule has 1 N–H and O–H groups in total. The minimum Gasteiger partial charge on any atom is -0.480 e. The number of aromatic nitrogens is 2. The molecule has 1 saturated carbocycles. The fourth-order valence-electron chi connectivity index (χ4n) is 1.35. The molecule has 1 aliphatic carbocycles. The third-order valence-corrected chi connectivity index (χ3v) is 2.22. The van der Waals surface area contributed by atoms with Crippen LogP contribution in [-0.2, 0) is 13.6 Å². The third-order valence-electron chi connectivity index (χ3n) is 2.22. The molecule has 4 heteroatoms. The van der Waals surface area contributed by atoms with E-state index in [4.69, 9.17) is 4.74 Å². The molecule has 0 spiro atoms. The van der Waals surface area contributed by atoms with Crippen molar-refractivity contribution in [1.82, 2.24) is 15.1 Å². The van der Waals surface area contributed by atoms with Crippen molar-refractivity contribution >= 4 is 0 Å². The van der Waals surface area contributed by atoms with E-state index >= 15 is 0 Å². The van der Waals surface area contributed by atoms with Crippen LogP contribution in [0, 0.1) is 0 Å². The van der Waals surface area contributed by atoms with E-state index in [1.807, 2.05) is 13.2 Å². The molecule has 4 nitrogen and oxygen atoms in total. The Labute approximate surface area is 77.9 Å². The molecule has 72 valence electrons. The minimum absolute atomic E-state index is 0.727. The summed E-state index contributed by atoms with van der Waals surface area (Å²) >= 11 is 0. The molecule has 0 saturated heterocycles. The second kappa shape index (κ2) is 3.38. The summed E-state index contributed by atoms with van der Waals surface area (Å²) in [7, 11) is 3.56. The molecular formula is C9H15N3O. The summed E-state index contributed by atoms with van der Waals surface area (Å²) in [5.74, 6) is 0.732. The van der Waals surface area contributed by atoms with Gasteiger partial charge in [0.25, 0.3) is 0 Å². The smallest absolute Gasteiger partial charge is 0.237 e. The first kappa shape index (κ1) is 8.56.